The fourth-order valence-corrected chi connectivity index (χ4v) is 2.44. The molecule has 0 saturated carbocycles. The number of nitrogens with two attached hydrogens (primary N) is 1. The number of hydrogen-bond acceptors (Lipinski definition) is 3. The number of carbonyl (C=O) groups is 1. The number of pyridine rings is 1. The first kappa shape index (κ1) is 14.0. The standard InChI is InChI=1S/C17H14FN3O/c1-20-17(22)10-6-7-14(18)13(8-10)12-9-16(19)21-15-5-3-2-4-11(12)15/h2-9H,1H3,(H2,19,21)(H,20,22). The average Bonchev–Trinajstić information content (AvgIpc) is 2.53. The van der Waals surface area contributed by atoms with E-state index in [2.05, 4.69) is 10.3 Å². The number of nitrogen functional groups attached to an aromatic ring is 1. The molecule has 110 valence electrons. The Morgan fingerprint density at radius 2 is 1.91 bits per heavy atom. The van der Waals surface area contributed by atoms with Crippen molar-refractivity contribution in [3.63, 3.8) is 0 Å². The fourth-order valence-electron chi connectivity index (χ4n) is 2.44. The van der Waals surface area contributed by atoms with Crippen LogP contribution in [0.25, 0.3) is 22.0 Å². The van der Waals surface area contributed by atoms with Gasteiger partial charge in [-0.25, -0.2) is 9.37 Å². The molecular weight excluding hydrogens is 281 g/mol. The molecule has 1 aromatic heterocycles. The van der Waals surface area contributed by atoms with Crippen molar-refractivity contribution in [1.82, 2.24) is 10.3 Å². The van der Waals surface area contributed by atoms with E-state index in [0.717, 1.165) is 5.39 Å². The molecule has 3 N–H and O–H groups in total. The van der Waals surface area contributed by atoms with Gasteiger partial charge in [0.15, 0.2) is 0 Å². The van der Waals surface area contributed by atoms with Gasteiger partial charge in [-0.2, -0.15) is 0 Å². The molecule has 0 unspecified atom stereocenters. The van der Waals surface area contributed by atoms with Crippen molar-refractivity contribution in [3.05, 3.63) is 59.9 Å². The lowest BCUT2D eigenvalue weighted by molar-refractivity contribution is 0.0963. The minimum absolute atomic E-state index is 0.271. The van der Waals surface area contributed by atoms with E-state index in [1.807, 2.05) is 24.3 Å². The molecule has 4 nitrogen and oxygen atoms in total. The van der Waals surface area contributed by atoms with Crippen LogP contribution in [0, 0.1) is 5.82 Å². The second kappa shape index (κ2) is 5.44. The van der Waals surface area contributed by atoms with Gasteiger partial charge in [-0.3, -0.25) is 4.79 Å². The SMILES string of the molecule is CNC(=O)c1ccc(F)c(-c2cc(N)nc3ccccc23)c1. The monoisotopic (exact) mass is 295 g/mol. The first-order valence-corrected chi connectivity index (χ1v) is 6.77. The summed E-state index contributed by atoms with van der Waals surface area (Å²) in [6.07, 6.45) is 0. The van der Waals surface area contributed by atoms with Gasteiger partial charge in [0.25, 0.3) is 5.91 Å². The van der Waals surface area contributed by atoms with Crippen molar-refractivity contribution in [3.8, 4) is 11.1 Å². The maximum atomic E-state index is 14.3. The molecule has 0 radical (unpaired) electrons. The Labute approximate surface area is 126 Å². The Balaban J connectivity index is 2.29. The van der Waals surface area contributed by atoms with Gasteiger partial charge in [0.2, 0.25) is 0 Å². The number of nitrogens with one attached hydrogen (secondary N) is 1. The van der Waals surface area contributed by atoms with Crippen LogP contribution in [0.2, 0.25) is 0 Å². The maximum absolute atomic E-state index is 14.3. The molecular formula is C17H14FN3O. The third-order valence-corrected chi connectivity index (χ3v) is 3.48. The second-order valence-electron chi connectivity index (χ2n) is 4.89. The summed E-state index contributed by atoms with van der Waals surface area (Å²) in [6, 6.07) is 13.2. The van der Waals surface area contributed by atoms with Crippen LogP contribution >= 0.6 is 0 Å². The highest BCUT2D eigenvalue weighted by molar-refractivity contribution is 5.99. The molecule has 0 aliphatic rings. The molecule has 0 bridgehead atoms. The van der Waals surface area contributed by atoms with Gasteiger partial charge in [-0.05, 0) is 35.9 Å². The van der Waals surface area contributed by atoms with Gasteiger partial charge in [0, 0.05) is 23.6 Å². The Morgan fingerprint density at radius 1 is 1.14 bits per heavy atom. The number of para-hydroxylation sites is 1. The molecule has 1 amide bonds. The zero-order valence-corrected chi connectivity index (χ0v) is 11.9. The van der Waals surface area contributed by atoms with Crippen molar-refractivity contribution in [2.45, 2.75) is 0 Å². The third kappa shape index (κ3) is 2.37. The normalized spacial score (nSPS) is 10.6. The topological polar surface area (TPSA) is 68.0 Å². The average molecular weight is 295 g/mol. The van der Waals surface area contributed by atoms with E-state index in [1.54, 1.807) is 6.07 Å². The summed E-state index contributed by atoms with van der Waals surface area (Å²) < 4.78 is 14.3. The molecule has 0 saturated heterocycles. The number of nitrogens with zero attached hydrogens (tertiary/aromatic N) is 1. The molecule has 0 fully saturated rings. The third-order valence-electron chi connectivity index (χ3n) is 3.48. The van der Waals surface area contributed by atoms with Gasteiger partial charge in [-0.15, -0.1) is 0 Å². The zero-order valence-electron chi connectivity index (χ0n) is 11.9. The van der Waals surface area contributed by atoms with Gasteiger partial charge in [0.1, 0.15) is 11.6 Å². The first-order chi connectivity index (χ1) is 10.6. The summed E-state index contributed by atoms with van der Waals surface area (Å²) in [7, 11) is 1.53. The summed E-state index contributed by atoms with van der Waals surface area (Å²) in [4.78, 5) is 16.0. The molecule has 22 heavy (non-hydrogen) atoms. The molecule has 2 aromatic carbocycles. The van der Waals surface area contributed by atoms with Crippen molar-refractivity contribution < 1.29 is 9.18 Å². The molecule has 0 atom stereocenters. The lowest BCUT2D eigenvalue weighted by atomic mass is 9.98. The summed E-state index contributed by atoms with van der Waals surface area (Å²) >= 11 is 0. The minimum Gasteiger partial charge on any atom is -0.384 e. The van der Waals surface area contributed by atoms with Gasteiger partial charge < -0.3 is 11.1 Å². The first-order valence-electron chi connectivity index (χ1n) is 6.77. The van der Waals surface area contributed by atoms with E-state index in [9.17, 15) is 9.18 Å². The number of anilines is 1. The Kier molecular flexibility index (Phi) is 3.47. The summed E-state index contributed by atoms with van der Waals surface area (Å²) in [5.74, 6) is -0.380. The van der Waals surface area contributed by atoms with Crippen LogP contribution in [-0.4, -0.2) is 17.9 Å². The number of benzene rings is 2. The number of halogens is 1. The molecule has 3 aromatic rings. The molecule has 0 aliphatic carbocycles. The van der Waals surface area contributed by atoms with Crippen LogP contribution in [0.15, 0.2) is 48.5 Å². The maximum Gasteiger partial charge on any atom is 0.251 e. The molecule has 3 rings (SSSR count). The van der Waals surface area contributed by atoms with E-state index in [1.165, 1.54) is 25.2 Å². The number of fused-ring (bicyclic) bond motifs is 1. The van der Waals surface area contributed by atoms with Gasteiger partial charge in [-0.1, -0.05) is 18.2 Å². The molecule has 1 heterocycles. The predicted molar refractivity (Wildman–Crippen MR) is 84.9 cm³/mol. The Morgan fingerprint density at radius 3 is 2.68 bits per heavy atom. The van der Waals surface area contributed by atoms with Crippen LogP contribution in [0.3, 0.4) is 0 Å². The Bertz CT molecular complexity index is 877. The summed E-state index contributed by atoms with van der Waals surface area (Å²) in [6.45, 7) is 0. The van der Waals surface area contributed by atoms with Crippen LogP contribution in [0.4, 0.5) is 10.2 Å². The van der Waals surface area contributed by atoms with Crippen LogP contribution in [0.5, 0.6) is 0 Å². The predicted octanol–water partition coefficient (Wildman–Crippen LogP) is 2.98. The van der Waals surface area contributed by atoms with Crippen LogP contribution < -0.4 is 11.1 Å². The zero-order chi connectivity index (χ0) is 15.7. The van der Waals surface area contributed by atoms with Gasteiger partial charge in [0.05, 0.1) is 5.52 Å². The smallest absolute Gasteiger partial charge is 0.251 e. The van der Waals surface area contributed by atoms with E-state index >= 15 is 0 Å². The highest BCUT2D eigenvalue weighted by Gasteiger charge is 2.13. The van der Waals surface area contributed by atoms with Gasteiger partial charge >= 0.3 is 0 Å². The number of hydrogen-bond donors (Lipinski definition) is 2. The second-order valence-corrected chi connectivity index (χ2v) is 4.89. The largest absolute Gasteiger partial charge is 0.384 e. The van der Waals surface area contributed by atoms with E-state index in [4.69, 9.17) is 5.73 Å². The lowest BCUT2D eigenvalue weighted by Gasteiger charge is -2.10. The minimum atomic E-state index is -0.414. The number of amides is 1. The molecule has 5 heteroatoms. The van der Waals surface area contributed by atoms with Crippen molar-refractivity contribution >= 4 is 22.6 Å². The van der Waals surface area contributed by atoms with E-state index in [0.29, 0.717) is 28.0 Å². The lowest BCUT2D eigenvalue weighted by Crippen LogP contribution is -2.17. The van der Waals surface area contributed by atoms with E-state index < -0.39 is 5.82 Å². The Hall–Kier alpha value is -2.95. The van der Waals surface area contributed by atoms with Crippen molar-refractivity contribution in [2.24, 2.45) is 0 Å². The molecule has 0 aliphatic heterocycles. The highest BCUT2D eigenvalue weighted by Crippen LogP contribution is 2.31. The number of rotatable bonds is 2. The van der Waals surface area contributed by atoms with Crippen molar-refractivity contribution in [2.75, 3.05) is 12.8 Å². The van der Waals surface area contributed by atoms with Crippen molar-refractivity contribution in [1.29, 1.82) is 0 Å². The highest BCUT2D eigenvalue weighted by atomic mass is 19.1. The number of aromatic nitrogens is 1. The fraction of sp³-hybridized carbons (Fsp3) is 0.0588. The van der Waals surface area contributed by atoms with Crippen LogP contribution in [0.1, 0.15) is 10.4 Å². The van der Waals surface area contributed by atoms with E-state index in [-0.39, 0.29) is 5.91 Å². The number of carbonyl (C=O) groups excluding carboxylic acids is 1. The van der Waals surface area contributed by atoms with Crippen LogP contribution in [-0.2, 0) is 0 Å². The summed E-state index contributed by atoms with van der Waals surface area (Å²) in [5, 5.41) is 3.31. The quantitative estimate of drug-likeness (QED) is 0.763. The molecule has 0 spiro atoms. The summed E-state index contributed by atoms with van der Waals surface area (Å²) in [5.41, 5.74) is 7.84.